The molecule has 0 unspecified atom stereocenters. The third-order valence-electron chi connectivity index (χ3n) is 5.89. The Bertz CT molecular complexity index is 794. The lowest BCUT2D eigenvalue weighted by molar-refractivity contribution is -0.275. The second kappa shape index (κ2) is 8.75. The maximum atomic E-state index is 12.7. The Kier molecular flexibility index (Phi) is 6.50. The molecule has 1 aromatic rings. The van der Waals surface area contributed by atoms with Crippen LogP contribution < -0.4 is 4.74 Å². The van der Waals surface area contributed by atoms with Crippen molar-refractivity contribution < 1.29 is 38.0 Å². The Labute approximate surface area is 172 Å². The first-order chi connectivity index (χ1) is 14.1. The van der Waals surface area contributed by atoms with E-state index in [9.17, 15) is 28.2 Å². The van der Waals surface area contributed by atoms with E-state index in [0.29, 0.717) is 49.9 Å². The summed E-state index contributed by atoms with van der Waals surface area (Å²) >= 11 is 0. The molecule has 3 rings (SSSR count). The molecule has 1 saturated carbocycles. The number of allylic oxidation sites excluding steroid dienone is 1. The normalized spacial score (nSPS) is 20.8. The Morgan fingerprint density at radius 1 is 1.17 bits per heavy atom. The zero-order valence-electron chi connectivity index (χ0n) is 16.5. The number of rotatable bonds is 4. The molecule has 30 heavy (non-hydrogen) atoms. The van der Waals surface area contributed by atoms with E-state index < -0.39 is 29.6 Å². The summed E-state index contributed by atoms with van der Waals surface area (Å²) in [7, 11) is 0. The molecule has 2 aliphatic rings. The van der Waals surface area contributed by atoms with Crippen LogP contribution in [0.4, 0.5) is 18.0 Å². The summed E-state index contributed by atoms with van der Waals surface area (Å²) in [6, 6.07) is 3.71. The summed E-state index contributed by atoms with van der Waals surface area (Å²) < 4.78 is 42.1. The fourth-order valence-corrected chi connectivity index (χ4v) is 4.31. The Balaban J connectivity index is 1.95. The molecule has 1 amide bonds. The topological polar surface area (TPSA) is 90.2 Å². The number of hydrogen-bond donors (Lipinski definition) is 3. The fraction of sp³-hybridized carbons (Fsp3) is 0.571. The van der Waals surface area contributed by atoms with Crippen molar-refractivity contribution >= 4 is 11.7 Å². The molecule has 1 aliphatic heterocycles. The summed E-state index contributed by atoms with van der Waals surface area (Å²) in [6.45, 7) is 0.723. The summed E-state index contributed by atoms with van der Waals surface area (Å²) in [5, 5.41) is 30.3. The molecular weight excluding hydrogens is 403 g/mol. The minimum atomic E-state index is -4.95. The van der Waals surface area contributed by atoms with Gasteiger partial charge in [-0.2, -0.15) is 0 Å². The number of benzene rings is 1. The van der Waals surface area contributed by atoms with Crippen LogP contribution >= 0.6 is 0 Å². The zero-order valence-corrected chi connectivity index (χ0v) is 16.5. The first-order valence-corrected chi connectivity index (χ1v) is 10.1. The maximum absolute atomic E-state index is 12.7. The highest BCUT2D eigenvalue weighted by Gasteiger charge is 2.37. The van der Waals surface area contributed by atoms with Crippen molar-refractivity contribution in [2.45, 2.75) is 56.9 Å². The molecule has 0 aromatic heterocycles. The van der Waals surface area contributed by atoms with Gasteiger partial charge in [-0.3, -0.25) is 0 Å². The lowest BCUT2D eigenvalue weighted by atomic mass is 9.75. The first kappa shape index (κ1) is 22.3. The number of aliphatic hydroxyl groups is 1. The highest BCUT2D eigenvalue weighted by Crippen LogP contribution is 2.43. The molecule has 6 nitrogen and oxygen atoms in total. The number of piperidine rings is 1. The zero-order chi connectivity index (χ0) is 21.9. The summed E-state index contributed by atoms with van der Waals surface area (Å²) in [4.78, 5) is 12.5. The lowest BCUT2D eigenvalue weighted by Gasteiger charge is -2.37. The van der Waals surface area contributed by atoms with Crippen molar-refractivity contribution in [3.05, 3.63) is 29.8 Å². The molecule has 1 aromatic carbocycles. The van der Waals surface area contributed by atoms with E-state index in [4.69, 9.17) is 5.11 Å². The minimum Gasteiger partial charge on any atom is -0.504 e. The van der Waals surface area contributed by atoms with Crippen molar-refractivity contribution in [1.82, 2.24) is 4.90 Å². The number of likely N-dealkylation sites (tertiary alicyclic amines) is 1. The molecule has 3 N–H and O–H groups in total. The van der Waals surface area contributed by atoms with Crippen LogP contribution in [0.25, 0.3) is 5.57 Å². The Hall–Kier alpha value is -2.42. The molecule has 0 radical (unpaired) electrons. The smallest absolute Gasteiger partial charge is 0.504 e. The Morgan fingerprint density at radius 3 is 2.37 bits per heavy atom. The standard InChI is InChI=1S/C21H26F3NO5/c22-21(23,24)30-18-13-15(4-5-17(18)26)16(20(29)8-2-1-3-9-20)12-14-6-10-25(11-7-14)19(27)28/h4-5,12-14,26,29H,1-3,6-11H2,(H,27,28). The number of phenols is 1. The van der Waals surface area contributed by atoms with Crippen molar-refractivity contribution in [2.75, 3.05) is 13.1 Å². The summed E-state index contributed by atoms with van der Waals surface area (Å²) in [5.74, 6) is -1.37. The monoisotopic (exact) mass is 429 g/mol. The predicted octanol–water partition coefficient (Wildman–Crippen LogP) is 4.76. The van der Waals surface area contributed by atoms with E-state index in [-0.39, 0.29) is 5.92 Å². The molecule has 0 spiro atoms. The summed E-state index contributed by atoms with van der Waals surface area (Å²) in [6.07, 6.45) is 0.628. The van der Waals surface area contributed by atoms with Gasteiger partial charge in [0.15, 0.2) is 11.5 Å². The number of carbonyl (C=O) groups is 1. The summed E-state index contributed by atoms with van der Waals surface area (Å²) in [5.41, 5.74) is -0.311. The van der Waals surface area contributed by atoms with E-state index in [1.807, 2.05) is 6.08 Å². The van der Waals surface area contributed by atoms with Gasteiger partial charge in [-0.05, 0) is 54.9 Å². The van der Waals surface area contributed by atoms with Gasteiger partial charge >= 0.3 is 12.5 Å². The van der Waals surface area contributed by atoms with Crippen molar-refractivity contribution in [3.63, 3.8) is 0 Å². The van der Waals surface area contributed by atoms with Crippen LogP contribution in [0.15, 0.2) is 24.3 Å². The van der Waals surface area contributed by atoms with Gasteiger partial charge in [0, 0.05) is 13.1 Å². The Morgan fingerprint density at radius 2 is 1.80 bits per heavy atom. The number of phenolic OH excluding ortho intramolecular Hbond substituents is 1. The lowest BCUT2D eigenvalue weighted by Crippen LogP contribution is -2.38. The van der Waals surface area contributed by atoms with E-state index in [1.54, 1.807) is 0 Å². The van der Waals surface area contributed by atoms with Crippen LogP contribution in [0.2, 0.25) is 0 Å². The van der Waals surface area contributed by atoms with Crippen LogP contribution in [0, 0.1) is 5.92 Å². The predicted molar refractivity (Wildman–Crippen MR) is 103 cm³/mol. The number of halogens is 3. The van der Waals surface area contributed by atoms with Crippen LogP contribution in [0.3, 0.4) is 0 Å². The van der Waals surface area contributed by atoms with Gasteiger partial charge < -0.3 is 25.0 Å². The van der Waals surface area contributed by atoms with Gasteiger partial charge in [-0.15, -0.1) is 13.2 Å². The molecule has 2 fully saturated rings. The van der Waals surface area contributed by atoms with Crippen molar-refractivity contribution in [2.24, 2.45) is 5.92 Å². The minimum absolute atomic E-state index is 0.0117. The van der Waals surface area contributed by atoms with Gasteiger partial charge in [0.25, 0.3) is 0 Å². The van der Waals surface area contributed by atoms with Crippen LogP contribution in [0.5, 0.6) is 11.5 Å². The van der Waals surface area contributed by atoms with Crippen molar-refractivity contribution in [3.8, 4) is 11.5 Å². The molecule has 0 bridgehead atoms. The van der Waals surface area contributed by atoms with E-state index >= 15 is 0 Å². The number of carboxylic acid groups (broad SMARTS) is 1. The van der Waals surface area contributed by atoms with Crippen LogP contribution in [-0.2, 0) is 0 Å². The SMILES string of the molecule is O=C(O)N1CCC(C=C(c2ccc(O)c(OC(F)(F)F)c2)C2(O)CCCCC2)CC1. The highest BCUT2D eigenvalue weighted by molar-refractivity contribution is 5.74. The molecule has 1 aliphatic carbocycles. The number of alkyl halides is 3. The molecule has 9 heteroatoms. The molecule has 166 valence electrons. The second-order valence-electron chi connectivity index (χ2n) is 8.01. The van der Waals surface area contributed by atoms with Gasteiger partial charge in [0.05, 0.1) is 5.60 Å². The van der Waals surface area contributed by atoms with Gasteiger partial charge in [0.2, 0.25) is 0 Å². The van der Waals surface area contributed by atoms with Crippen LogP contribution in [-0.4, -0.2) is 51.4 Å². The maximum Gasteiger partial charge on any atom is 0.573 e. The molecule has 0 atom stereocenters. The second-order valence-corrected chi connectivity index (χ2v) is 8.01. The van der Waals surface area contributed by atoms with E-state index in [1.165, 1.54) is 11.0 Å². The third kappa shape index (κ3) is 5.38. The number of hydrogen-bond acceptors (Lipinski definition) is 4. The number of aromatic hydroxyl groups is 1. The van der Waals surface area contributed by atoms with E-state index in [2.05, 4.69) is 4.74 Å². The first-order valence-electron chi connectivity index (χ1n) is 10.1. The highest BCUT2D eigenvalue weighted by atomic mass is 19.4. The third-order valence-corrected chi connectivity index (χ3v) is 5.89. The number of amides is 1. The van der Waals surface area contributed by atoms with Gasteiger partial charge in [-0.1, -0.05) is 31.4 Å². The average molecular weight is 429 g/mol. The van der Waals surface area contributed by atoms with Crippen LogP contribution in [0.1, 0.15) is 50.5 Å². The van der Waals surface area contributed by atoms with Gasteiger partial charge in [-0.25, -0.2) is 4.79 Å². The quantitative estimate of drug-likeness (QED) is 0.642. The largest absolute Gasteiger partial charge is 0.573 e. The average Bonchev–Trinajstić information content (AvgIpc) is 2.68. The van der Waals surface area contributed by atoms with Gasteiger partial charge in [0.1, 0.15) is 0 Å². The van der Waals surface area contributed by atoms with Crippen molar-refractivity contribution in [1.29, 1.82) is 0 Å². The molecule has 1 saturated heterocycles. The fourth-order valence-electron chi connectivity index (χ4n) is 4.31. The van der Waals surface area contributed by atoms with E-state index in [0.717, 1.165) is 31.4 Å². The number of ether oxygens (including phenoxy) is 1. The molecular formula is C21H26F3NO5. The number of nitrogens with zero attached hydrogens (tertiary/aromatic N) is 1. The molecule has 1 heterocycles.